The quantitative estimate of drug-likeness (QED) is 0.117. The van der Waals surface area contributed by atoms with Crippen LogP contribution in [0.2, 0.25) is 0 Å². The van der Waals surface area contributed by atoms with Crippen LogP contribution in [0.3, 0.4) is 0 Å². The van der Waals surface area contributed by atoms with Crippen molar-refractivity contribution in [2.24, 2.45) is 17.8 Å². The molecule has 2 aliphatic rings. The number of aliphatic hydroxyl groups is 1. The summed E-state index contributed by atoms with van der Waals surface area (Å²) in [6.45, 7) is 9.73. The van der Waals surface area contributed by atoms with Crippen molar-refractivity contribution >= 4 is 23.4 Å². The predicted octanol–water partition coefficient (Wildman–Crippen LogP) is 6.09. The molecule has 0 radical (unpaired) electrons. The molecular weight excluding hydrogens is 638 g/mol. The third-order valence-corrected chi connectivity index (χ3v) is 9.91. The highest BCUT2D eigenvalue weighted by Crippen LogP contribution is 2.36. The Labute approximate surface area is 297 Å². The fourth-order valence-corrected chi connectivity index (χ4v) is 6.64. The molecule has 10 nitrogen and oxygen atoms in total. The Hall–Kier alpha value is -3.44. The fourth-order valence-electron chi connectivity index (χ4n) is 6.64. The van der Waals surface area contributed by atoms with Crippen molar-refractivity contribution in [3.8, 4) is 0 Å². The van der Waals surface area contributed by atoms with E-state index in [1.165, 1.54) is 12.0 Å². The van der Waals surface area contributed by atoms with Gasteiger partial charge in [0.2, 0.25) is 5.79 Å². The number of methoxy groups -OCH3 is 2. The molecule has 2 fully saturated rings. The van der Waals surface area contributed by atoms with Crippen LogP contribution in [0.25, 0.3) is 0 Å². The number of ether oxygens (including phenoxy) is 4. The van der Waals surface area contributed by atoms with E-state index in [-0.39, 0.29) is 36.9 Å². The van der Waals surface area contributed by atoms with Crippen LogP contribution in [0.15, 0.2) is 66.3 Å². The first kappa shape index (κ1) is 41.0. The Kier molecular flexibility index (Phi) is 16.2. The highest BCUT2D eigenvalue weighted by molar-refractivity contribution is 6.39. The van der Waals surface area contributed by atoms with Crippen molar-refractivity contribution in [1.82, 2.24) is 4.90 Å². The molecule has 0 aliphatic carbocycles. The molecule has 1 amide bonds. The number of rotatable bonds is 17. The van der Waals surface area contributed by atoms with Gasteiger partial charge in [-0.1, -0.05) is 81.5 Å². The van der Waals surface area contributed by atoms with Gasteiger partial charge in [-0.25, -0.2) is 4.79 Å². The summed E-state index contributed by atoms with van der Waals surface area (Å²) < 4.78 is 22.5. The van der Waals surface area contributed by atoms with Crippen molar-refractivity contribution in [3.05, 3.63) is 71.8 Å². The van der Waals surface area contributed by atoms with Gasteiger partial charge in [0, 0.05) is 39.0 Å². The fraction of sp³-hybridized carbons (Fsp3) is 0.600. The SMILES string of the molecule is COCC(=O)[C@H](C)C[C@H](C)/C=C/C=C/C=C(\C)[C@H](C[C@@H]1CC[C@@H](C)[C@](O)(C(=O)C(=O)N2CCCCC2C(=O)OC(C)c2ccccc2)O1)OC. The van der Waals surface area contributed by atoms with Crippen molar-refractivity contribution in [2.75, 3.05) is 27.4 Å². The largest absolute Gasteiger partial charge is 0.456 e. The maximum Gasteiger partial charge on any atom is 0.329 e. The van der Waals surface area contributed by atoms with E-state index in [4.69, 9.17) is 18.9 Å². The van der Waals surface area contributed by atoms with Crippen LogP contribution in [0.4, 0.5) is 0 Å². The number of carbonyl (C=O) groups excluding carboxylic acids is 4. The van der Waals surface area contributed by atoms with Crippen molar-refractivity contribution in [1.29, 1.82) is 0 Å². The van der Waals surface area contributed by atoms with Gasteiger partial charge >= 0.3 is 5.97 Å². The summed E-state index contributed by atoms with van der Waals surface area (Å²) in [6, 6.07) is 8.40. The number of amides is 1. The lowest BCUT2D eigenvalue weighted by Crippen LogP contribution is -2.60. The minimum Gasteiger partial charge on any atom is -0.456 e. The van der Waals surface area contributed by atoms with Gasteiger partial charge in [-0.05, 0) is 69.4 Å². The molecule has 0 bridgehead atoms. The molecule has 0 spiro atoms. The number of hydrogen-bond donors (Lipinski definition) is 1. The molecule has 0 aromatic heterocycles. The summed E-state index contributed by atoms with van der Waals surface area (Å²) in [6.07, 6.45) is 12.2. The lowest BCUT2D eigenvalue weighted by molar-refractivity contribution is -0.265. The zero-order valence-corrected chi connectivity index (χ0v) is 30.8. The van der Waals surface area contributed by atoms with Gasteiger partial charge in [-0.3, -0.25) is 14.4 Å². The van der Waals surface area contributed by atoms with Crippen LogP contribution in [0, 0.1) is 17.8 Å². The molecule has 2 unspecified atom stereocenters. The molecule has 3 rings (SSSR count). The number of ketones is 2. The Balaban J connectivity index is 1.62. The van der Waals surface area contributed by atoms with E-state index >= 15 is 0 Å². The molecule has 50 heavy (non-hydrogen) atoms. The van der Waals surface area contributed by atoms with Crippen molar-refractivity contribution in [2.45, 2.75) is 110 Å². The summed E-state index contributed by atoms with van der Waals surface area (Å²) in [7, 11) is 3.12. The summed E-state index contributed by atoms with van der Waals surface area (Å²) >= 11 is 0. The molecule has 1 aromatic rings. The summed E-state index contributed by atoms with van der Waals surface area (Å²) in [5.41, 5.74) is 1.75. The number of Topliss-reactive ketones (excluding diaryl/α,β-unsaturated/α-hetero) is 2. The Bertz CT molecular complexity index is 1370. The van der Waals surface area contributed by atoms with E-state index in [1.54, 1.807) is 21.0 Å². The maximum absolute atomic E-state index is 13.7. The highest BCUT2D eigenvalue weighted by atomic mass is 16.6. The zero-order chi connectivity index (χ0) is 36.8. The number of allylic oxidation sites excluding steroid dienone is 5. The molecule has 2 saturated heterocycles. The minimum absolute atomic E-state index is 0.0705. The predicted molar refractivity (Wildman–Crippen MR) is 191 cm³/mol. The van der Waals surface area contributed by atoms with Crippen LogP contribution in [-0.4, -0.2) is 84.9 Å². The second-order valence-electron chi connectivity index (χ2n) is 13.9. The average Bonchev–Trinajstić information content (AvgIpc) is 3.11. The van der Waals surface area contributed by atoms with Gasteiger partial charge in [0.05, 0.1) is 12.2 Å². The summed E-state index contributed by atoms with van der Waals surface area (Å²) in [5, 5.41) is 11.6. The van der Waals surface area contributed by atoms with Crippen LogP contribution in [-0.2, 0) is 38.1 Å². The molecule has 2 heterocycles. The number of carbonyl (C=O) groups is 4. The summed E-state index contributed by atoms with van der Waals surface area (Å²) in [5.74, 6) is -5.27. The zero-order valence-electron chi connectivity index (χ0n) is 30.8. The average molecular weight is 696 g/mol. The number of benzene rings is 1. The third kappa shape index (κ3) is 11.3. The first-order valence-corrected chi connectivity index (χ1v) is 17.9. The van der Waals surface area contributed by atoms with E-state index in [2.05, 4.69) is 13.0 Å². The van der Waals surface area contributed by atoms with Gasteiger partial charge in [-0.15, -0.1) is 0 Å². The second-order valence-corrected chi connectivity index (χ2v) is 13.9. The highest BCUT2D eigenvalue weighted by Gasteiger charge is 2.53. The van der Waals surface area contributed by atoms with Crippen molar-refractivity contribution < 1.29 is 43.2 Å². The standard InChI is InChI=1S/C40H57NO9/c1-27(24-29(3)35(42)26-47-6)16-10-8-11-17-28(2)36(48-7)25-33-22-21-30(4)40(46,50-33)37(43)38(44)41-23-15-14-20-34(41)39(45)49-31(5)32-18-12-9-13-19-32/h8-13,16-19,27,29-31,33-34,36,46H,14-15,20-26H2,1-7H3/b11-8+,16-10+,28-17+/t27-,29-,30-,31?,33+,34?,36+,40-/m1/s1. The van der Waals surface area contributed by atoms with Crippen LogP contribution in [0.5, 0.6) is 0 Å². The van der Waals surface area contributed by atoms with Gasteiger partial charge in [0.25, 0.3) is 11.7 Å². The number of hydrogen-bond acceptors (Lipinski definition) is 9. The van der Waals surface area contributed by atoms with Gasteiger partial charge in [-0.2, -0.15) is 0 Å². The summed E-state index contributed by atoms with van der Waals surface area (Å²) in [4.78, 5) is 54.0. The van der Waals surface area contributed by atoms with E-state index in [1.807, 2.05) is 68.5 Å². The number of esters is 1. The molecule has 1 N–H and O–H groups in total. The van der Waals surface area contributed by atoms with E-state index in [0.29, 0.717) is 38.5 Å². The lowest BCUT2D eigenvalue weighted by atomic mass is 9.85. The maximum atomic E-state index is 13.7. The van der Waals surface area contributed by atoms with Gasteiger partial charge in [0.15, 0.2) is 5.78 Å². The number of likely N-dealkylation sites (tertiary alicyclic amines) is 1. The monoisotopic (exact) mass is 695 g/mol. The topological polar surface area (TPSA) is 129 Å². The second kappa shape index (κ2) is 19.8. The molecule has 276 valence electrons. The Morgan fingerprint density at radius 3 is 2.42 bits per heavy atom. The molecule has 8 atom stereocenters. The lowest BCUT2D eigenvalue weighted by Gasteiger charge is -2.42. The Morgan fingerprint density at radius 1 is 1.02 bits per heavy atom. The Morgan fingerprint density at radius 2 is 1.74 bits per heavy atom. The van der Waals surface area contributed by atoms with E-state index in [0.717, 1.165) is 17.6 Å². The number of nitrogens with zero attached hydrogens (tertiary/aromatic N) is 1. The number of piperidine rings is 1. The third-order valence-electron chi connectivity index (χ3n) is 9.91. The molecule has 0 saturated carbocycles. The van der Waals surface area contributed by atoms with Gasteiger partial charge in [0.1, 0.15) is 18.8 Å². The van der Waals surface area contributed by atoms with Crippen LogP contribution < -0.4 is 0 Å². The first-order valence-electron chi connectivity index (χ1n) is 17.9. The first-order chi connectivity index (χ1) is 23.8. The van der Waals surface area contributed by atoms with Gasteiger partial charge < -0.3 is 29.0 Å². The smallest absolute Gasteiger partial charge is 0.329 e. The van der Waals surface area contributed by atoms with E-state index in [9.17, 15) is 24.3 Å². The van der Waals surface area contributed by atoms with Crippen LogP contribution >= 0.6 is 0 Å². The minimum atomic E-state index is -2.33. The molecule has 2 aliphatic heterocycles. The molecule has 1 aromatic carbocycles. The normalized spacial score (nSPS) is 25.6. The van der Waals surface area contributed by atoms with E-state index < -0.39 is 47.6 Å². The van der Waals surface area contributed by atoms with Crippen LogP contribution in [0.1, 0.15) is 91.2 Å². The molecular formula is C40H57NO9. The van der Waals surface area contributed by atoms with Crippen molar-refractivity contribution in [3.63, 3.8) is 0 Å². The molecule has 10 heteroatoms.